The second kappa shape index (κ2) is 6.10. The summed E-state index contributed by atoms with van der Waals surface area (Å²) in [6, 6.07) is 6.23. The highest BCUT2D eigenvalue weighted by Crippen LogP contribution is 2.29. The first kappa shape index (κ1) is 13.2. The van der Waals surface area contributed by atoms with E-state index in [4.69, 9.17) is 0 Å². The molecule has 0 radical (unpaired) electrons. The van der Waals surface area contributed by atoms with Crippen molar-refractivity contribution in [1.29, 1.82) is 0 Å². The number of halogens is 1. The summed E-state index contributed by atoms with van der Waals surface area (Å²) < 4.78 is 13.5. The average Bonchev–Trinajstić information content (AvgIpc) is 3.13. The van der Waals surface area contributed by atoms with E-state index in [1.165, 1.54) is 18.9 Å². The molecule has 98 valence electrons. The minimum absolute atomic E-state index is 0.109. The number of rotatable bonds is 7. The van der Waals surface area contributed by atoms with Crippen LogP contribution in [-0.2, 0) is 0 Å². The van der Waals surface area contributed by atoms with Crippen molar-refractivity contribution in [3.63, 3.8) is 0 Å². The van der Waals surface area contributed by atoms with Crippen LogP contribution in [0.25, 0.3) is 0 Å². The lowest BCUT2D eigenvalue weighted by Gasteiger charge is -2.20. The van der Waals surface area contributed by atoms with Crippen LogP contribution in [0.5, 0.6) is 0 Å². The molecule has 0 unspecified atom stereocenters. The summed E-state index contributed by atoms with van der Waals surface area (Å²) in [6.07, 6.45) is 3.57. The number of ketones is 1. The van der Waals surface area contributed by atoms with Crippen LogP contribution in [-0.4, -0.2) is 30.3 Å². The Kier molecular flexibility index (Phi) is 4.48. The van der Waals surface area contributed by atoms with Gasteiger partial charge in [-0.3, -0.25) is 9.69 Å². The monoisotopic (exact) mass is 249 g/mol. The molecule has 0 aliphatic heterocycles. The summed E-state index contributed by atoms with van der Waals surface area (Å²) in [6.45, 7) is 4.34. The molecule has 1 aliphatic carbocycles. The number of nitrogens with zero attached hydrogens (tertiary/aromatic N) is 1. The van der Waals surface area contributed by atoms with Crippen molar-refractivity contribution in [3.05, 3.63) is 35.6 Å². The summed E-state index contributed by atoms with van der Waals surface area (Å²) in [4.78, 5) is 14.2. The number of hydrogen-bond donors (Lipinski definition) is 0. The topological polar surface area (TPSA) is 20.3 Å². The fourth-order valence-electron chi connectivity index (χ4n) is 2.19. The highest BCUT2D eigenvalue weighted by molar-refractivity contribution is 5.97. The Balaban J connectivity index is 1.97. The predicted molar refractivity (Wildman–Crippen MR) is 70.2 cm³/mol. The van der Waals surface area contributed by atoms with Crippen LogP contribution >= 0.6 is 0 Å². The number of Topliss-reactive ketones (excluding diaryl/α,β-unsaturated/α-hetero) is 1. The first-order valence-corrected chi connectivity index (χ1v) is 6.70. The third-order valence-corrected chi connectivity index (χ3v) is 3.29. The van der Waals surface area contributed by atoms with Gasteiger partial charge in [-0.05, 0) is 43.9 Å². The largest absolute Gasteiger partial charge is 0.296 e. The van der Waals surface area contributed by atoms with Gasteiger partial charge in [0.25, 0.3) is 0 Å². The highest BCUT2D eigenvalue weighted by atomic mass is 19.1. The van der Waals surface area contributed by atoms with Crippen LogP contribution < -0.4 is 0 Å². The second-order valence-corrected chi connectivity index (χ2v) is 5.08. The van der Waals surface area contributed by atoms with E-state index >= 15 is 0 Å². The molecule has 1 aromatic carbocycles. The van der Waals surface area contributed by atoms with Crippen molar-refractivity contribution in [2.45, 2.75) is 26.2 Å². The summed E-state index contributed by atoms with van der Waals surface area (Å²) in [7, 11) is 0. The molecule has 0 bridgehead atoms. The highest BCUT2D eigenvalue weighted by Gasteiger charge is 2.25. The predicted octanol–water partition coefficient (Wildman–Crippen LogP) is 3.13. The molecule has 2 rings (SSSR count). The lowest BCUT2D eigenvalue weighted by atomic mass is 10.1. The summed E-state index contributed by atoms with van der Waals surface area (Å²) in [5.74, 6) is 0.234. The zero-order valence-corrected chi connectivity index (χ0v) is 10.9. The molecule has 0 saturated heterocycles. The summed E-state index contributed by atoms with van der Waals surface area (Å²) in [5, 5.41) is 0. The van der Waals surface area contributed by atoms with Crippen molar-refractivity contribution in [1.82, 2.24) is 4.90 Å². The maximum Gasteiger partial charge on any atom is 0.179 e. The lowest BCUT2D eigenvalue weighted by Crippen LogP contribution is -2.32. The molecule has 1 aliphatic rings. The molecule has 2 nitrogen and oxygen atoms in total. The van der Waals surface area contributed by atoms with Gasteiger partial charge in [0, 0.05) is 6.54 Å². The maximum atomic E-state index is 13.5. The van der Waals surface area contributed by atoms with Gasteiger partial charge in [-0.2, -0.15) is 0 Å². The third kappa shape index (κ3) is 3.64. The summed E-state index contributed by atoms with van der Waals surface area (Å²) >= 11 is 0. The molecule has 0 aromatic heterocycles. The van der Waals surface area contributed by atoms with Crippen LogP contribution in [0, 0.1) is 11.7 Å². The van der Waals surface area contributed by atoms with Crippen molar-refractivity contribution in [2.24, 2.45) is 5.92 Å². The number of hydrogen-bond acceptors (Lipinski definition) is 2. The van der Waals surface area contributed by atoms with Gasteiger partial charge in [0.15, 0.2) is 5.78 Å². The van der Waals surface area contributed by atoms with Crippen molar-refractivity contribution in [3.8, 4) is 0 Å². The Morgan fingerprint density at radius 2 is 2.11 bits per heavy atom. The van der Waals surface area contributed by atoms with E-state index in [9.17, 15) is 9.18 Å². The fourth-order valence-corrected chi connectivity index (χ4v) is 2.19. The molecular weight excluding hydrogens is 229 g/mol. The average molecular weight is 249 g/mol. The van der Waals surface area contributed by atoms with E-state index in [-0.39, 0.29) is 11.3 Å². The van der Waals surface area contributed by atoms with Crippen molar-refractivity contribution in [2.75, 3.05) is 19.6 Å². The Labute approximate surface area is 108 Å². The van der Waals surface area contributed by atoms with E-state index in [2.05, 4.69) is 11.8 Å². The lowest BCUT2D eigenvalue weighted by molar-refractivity contribution is 0.0923. The molecule has 3 heteroatoms. The van der Waals surface area contributed by atoms with Gasteiger partial charge < -0.3 is 0 Å². The van der Waals surface area contributed by atoms with E-state index in [1.54, 1.807) is 18.2 Å². The van der Waals surface area contributed by atoms with Crippen LogP contribution in [0.4, 0.5) is 4.39 Å². The van der Waals surface area contributed by atoms with Gasteiger partial charge in [-0.1, -0.05) is 19.1 Å². The summed E-state index contributed by atoms with van der Waals surface area (Å²) in [5.41, 5.74) is 0.217. The molecule has 18 heavy (non-hydrogen) atoms. The van der Waals surface area contributed by atoms with Crippen LogP contribution in [0.2, 0.25) is 0 Å². The first-order valence-electron chi connectivity index (χ1n) is 6.70. The smallest absolute Gasteiger partial charge is 0.179 e. The van der Waals surface area contributed by atoms with Gasteiger partial charge in [0.05, 0.1) is 12.1 Å². The molecule has 1 fully saturated rings. The van der Waals surface area contributed by atoms with E-state index in [1.807, 2.05) is 0 Å². The molecule has 1 saturated carbocycles. The van der Waals surface area contributed by atoms with Crippen LogP contribution in [0.3, 0.4) is 0 Å². The van der Waals surface area contributed by atoms with Crippen LogP contribution in [0.15, 0.2) is 24.3 Å². The third-order valence-electron chi connectivity index (χ3n) is 3.29. The Morgan fingerprint density at radius 1 is 1.39 bits per heavy atom. The first-order chi connectivity index (χ1) is 8.70. The SMILES string of the molecule is CCCN(CC(=O)c1ccccc1F)CC1CC1. The Bertz CT molecular complexity index is 415. The Hall–Kier alpha value is -1.22. The zero-order valence-electron chi connectivity index (χ0n) is 10.9. The molecular formula is C15H20FNO. The molecule has 0 heterocycles. The van der Waals surface area contributed by atoms with Crippen molar-refractivity contribution < 1.29 is 9.18 Å². The van der Waals surface area contributed by atoms with Gasteiger partial charge in [0.1, 0.15) is 5.82 Å². The zero-order chi connectivity index (χ0) is 13.0. The fraction of sp³-hybridized carbons (Fsp3) is 0.533. The quantitative estimate of drug-likeness (QED) is 0.692. The molecule has 0 spiro atoms. The second-order valence-electron chi connectivity index (χ2n) is 5.08. The van der Waals surface area contributed by atoms with E-state index in [0.717, 1.165) is 25.4 Å². The number of benzene rings is 1. The van der Waals surface area contributed by atoms with E-state index in [0.29, 0.717) is 6.54 Å². The maximum absolute atomic E-state index is 13.5. The normalized spacial score (nSPS) is 15.1. The van der Waals surface area contributed by atoms with Gasteiger partial charge in [-0.15, -0.1) is 0 Å². The minimum Gasteiger partial charge on any atom is -0.296 e. The molecule has 1 aromatic rings. The standard InChI is InChI=1S/C15H20FNO/c1-2-9-17(10-12-7-8-12)11-15(18)13-5-3-4-6-14(13)16/h3-6,12H,2,7-11H2,1H3. The number of carbonyl (C=O) groups is 1. The number of carbonyl (C=O) groups excluding carboxylic acids is 1. The van der Waals surface area contributed by atoms with Crippen LogP contribution in [0.1, 0.15) is 36.5 Å². The molecule has 0 atom stereocenters. The Morgan fingerprint density at radius 3 is 2.72 bits per heavy atom. The van der Waals surface area contributed by atoms with Gasteiger partial charge >= 0.3 is 0 Å². The van der Waals surface area contributed by atoms with Gasteiger partial charge in [-0.25, -0.2) is 4.39 Å². The van der Waals surface area contributed by atoms with Crippen molar-refractivity contribution >= 4 is 5.78 Å². The molecule has 0 N–H and O–H groups in total. The minimum atomic E-state index is -0.412. The van der Waals surface area contributed by atoms with Gasteiger partial charge in [0.2, 0.25) is 0 Å². The molecule has 0 amide bonds. The van der Waals surface area contributed by atoms with E-state index < -0.39 is 5.82 Å².